The Morgan fingerprint density at radius 3 is 2.34 bits per heavy atom. The molecule has 0 aliphatic rings. The van der Waals surface area contributed by atoms with Gasteiger partial charge in [-0.25, -0.2) is 0 Å². The average molecular weight is 435 g/mol. The van der Waals surface area contributed by atoms with Gasteiger partial charge in [-0.05, 0) is 42.5 Å². The molecule has 0 bridgehead atoms. The molecule has 0 saturated carbocycles. The lowest BCUT2D eigenvalue weighted by molar-refractivity contribution is -0.139. The zero-order valence-electron chi connectivity index (χ0n) is 17.1. The first kappa shape index (κ1) is 23.2. The number of nitrogens with zero attached hydrogens (tertiary/aromatic N) is 1. The molecule has 2 aromatic carbocycles. The normalized spacial score (nSPS) is 11.9. The van der Waals surface area contributed by atoms with E-state index in [2.05, 4.69) is 5.32 Å². The van der Waals surface area contributed by atoms with E-state index >= 15 is 0 Å². The molecule has 2 amide bonds. The third kappa shape index (κ3) is 7.37. The van der Waals surface area contributed by atoms with Crippen molar-refractivity contribution in [2.45, 2.75) is 39.7 Å². The first-order valence-electron chi connectivity index (χ1n) is 9.83. The molecule has 0 spiro atoms. The predicted octanol–water partition coefficient (Wildman–Crippen LogP) is 4.77. The Morgan fingerprint density at radius 2 is 1.72 bits per heavy atom. The third-order valence-corrected chi connectivity index (χ3v) is 5.28. The van der Waals surface area contributed by atoms with E-state index in [1.54, 1.807) is 30.0 Å². The van der Waals surface area contributed by atoms with Gasteiger partial charge in [0.05, 0.1) is 6.42 Å². The third-order valence-electron chi connectivity index (χ3n) is 4.69. The Morgan fingerprint density at radius 1 is 1.03 bits per heavy atom. The molecule has 2 rings (SSSR count). The lowest BCUT2D eigenvalue weighted by Crippen LogP contribution is -2.49. The zero-order valence-corrected chi connectivity index (χ0v) is 18.6. The topological polar surface area (TPSA) is 49.4 Å². The van der Waals surface area contributed by atoms with E-state index in [9.17, 15) is 9.59 Å². The van der Waals surface area contributed by atoms with Crippen LogP contribution in [0.2, 0.25) is 10.0 Å². The van der Waals surface area contributed by atoms with E-state index < -0.39 is 6.04 Å². The molecule has 1 N–H and O–H groups in total. The summed E-state index contributed by atoms with van der Waals surface area (Å²) in [6, 6.07) is 14.4. The standard InChI is InChI=1S/C23H28Cl2N2O2/c1-16(2)15-26-23(29)17(3)27(12-11-18-7-5-4-6-8-18)22(28)13-19-9-10-20(24)14-21(19)25/h4-10,14,16-17H,11-13,15H2,1-3H3,(H,26,29)/t17-/m1/s1. The van der Waals surface area contributed by atoms with E-state index in [1.807, 2.05) is 44.2 Å². The van der Waals surface area contributed by atoms with Crippen molar-refractivity contribution in [2.75, 3.05) is 13.1 Å². The summed E-state index contributed by atoms with van der Waals surface area (Å²) >= 11 is 12.2. The van der Waals surface area contributed by atoms with Crippen LogP contribution in [0.3, 0.4) is 0 Å². The van der Waals surface area contributed by atoms with Gasteiger partial charge in [0.1, 0.15) is 6.04 Å². The minimum absolute atomic E-state index is 0.118. The summed E-state index contributed by atoms with van der Waals surface area (Å²) in [7, 11) is 0. The molecule has 0 radical (unpaired) electrons. The molecule has 0 fully saturated rings. The number of benzene rings is 2. The summed E-state index contributed by atoms with van der Waals surface area (Å²) in [5, 5.41) is 3.89. The Kier molecular flexibility index (Phi) is 8.99. The molecule has 0 aliphatic carbocycles. The largest absolute Gasteiger partial charge is 0.354 e. The number of carbonyl (C=O) groups excluding carboxylic acids is 2. The Labute approximate surface area is 183 Å². The first-order chi connectivity index (χ1) is 13.8. The molecule has 0 saturated heterocycles. The minimum atomic E-state index is -0.573. The Hall–Kier alpha value is -2.04. The highest BCUT2D eigenvalue weighted by atomic mass is 35.5. The fourth-order valence-electron chi connectivity index (χ4n) is 2.95. The number of rotatable bonds is 9. The second-order valence-electron chi connectivity index (χ2n) is 7.55. The molecule has 6 heteroatoms. The molecular weight excluding hydrogens is 407 g/mol. The summed E-state index contributed by atoms with van der Waals surface area (Å²) in [6.45, 7) is 6.86. The minimum Gasteiger partial charge on any atom is -0.354 e. The smallest absolute Gasteiger partial charge is 0.242 e. The van der Waals surface area contributed by atoms with Crippen molar-refractivity contribution in [3.63, 3.8) is 0 Å². The van der Waals surface area contributed by atoms with E-state index in [0.29, 0.717) is 41.0 Å². The van der Waals surface area contributed by atoms with Gasteiger partial charge in [0, 0.05) is 23.1 Å². The van der Waals surface area contributed by atoms with Crippen LogP contribution in [0, 0.1) is 5.92 Å². The summed E-state index contributed by atoms with van der Waals surface area (Å²) in [5.41, 5.74) is 1.81. The lowest BCUT2D eigenvalue weighted by atomic mass is 10.1. The van der Waals surface area contributed by atoms with Crippen LogP contribution in [0.5, 0.6) is 0 Å². The highest BCUT2D eigenvalue weighted by molar-refractivity contribution is 6.35. The monoisotopic (exact) mass is 434 g/mol. The molecule has 0 aliphatic heterocycles. The van der Waals surface area contributed by atoms with Crippen LogP contribution in [-0.2, 0) is 22.4 Å². The van der Waals surface area contributed by atoms with Crippen molar-refractivity contribution < 1.29 is 9.59 Å². The van der Waals surface area contributed by atoms with Crippen LogP contribution in [-0.4, -0.2) is 35.8 Å². The molecule has 156 valence electrons. The van der Waals surface area contributed by atoms with Crippen molar-refractivity contribution in [1.29, 1.82) is 0 Å². The average Bonchev–Trinajstić information content (AvgIpc) is 2.69. The van der Waals surface area contributed by atoms with Gasteiger partial charge >= 0.3 is 0 Å². The number of nitrogens with one attached hydrogen (secondary N) is 1. The molecule has 2 aromatic rings. The second kappa shape index (κ2) is 11.2. The molecule has 29 heavy (non-hydrogen) atoms. The van der Waals surface area contributed by atoms with Gasteiger partial charge < -0.3 is 10.2 Å². The summed E-state index contributed by atoms with van der Waals surface area (Å²) in [5.74, 6) is 0.0483. The number of amides is 2. The van der Waals surface area contributed by atoms with Gasteiger partial charge in [-0.3, -0.25) is 9.59 Å². The number of hydrogen-bond donors (Lipinski definition) is 1. The summed E-state index contributed by atoms with van der Waals surface area (Å²) in [6.07, 6.45) is 0.787. The van der Waals surface area contributed by atoms with Crippen molar-refractivity contribution in [2.24, 2.45) is 5.92 Å². The maximum absolute atomic E-state index is 13.1. The van der Waals surface area contributed by atoms with Crippen molar-refractivity contribution in [3.8, 4) is 0 Å². The summed E-state index contributed by atoms with van der Waals surface area (Å²) in [4.78, 5) is 27.4. The second-order valence-corrected chi connectivity index (χ2v) is 8.39. The molecule has 1 atom stereocenters. The van der Waals surface area contributed by atoms with Crippen LogP contribution < -0.4 is 5.32 Å². The van der Waals surface area contributed by atoms with Gasteiger partial charge in [0.15, 0.2) is 0 Å². The van der Waals surface area contributed by atoms with Crippen LogP contribution in [0.15, 0.2) is 48.5 Å². The maximum atomic E-state index is 13.1. The van der Waals surface area contributed by atoms with Crippen molar-refractivity contribution in [1.82, 2.24) is 10.2 Å². The number of carbonyl (C=O) groups is 2. The van der Waals surface area contributed by atoms with Gasteiger partial charge in [-0.2, -0.15) is 0 Å². The van der Waals surface area contributed by atoms with Crippen LogP contribution >= 0.6 is 23.2 Å². The van der Waals surface area contributed by atoms with E-state index in [1.165, 1.54) is 0 Å². The maximum Gasteiger partial charge on any atom is 0.242 e. The summed E-state index contributed by atoms with van der Waals surface area (Å²) < 4.78 is 0. The zero-order chi connectivity index (χ0) is 21.4. The van der Waals surface area contributed by atoms with E-state index in [-0.39, 0.29) is 18.2 Å². The Balaban J connectivity index is 2.15. The lowest BCUT2D eigenvalue weighted by Gasteiger charge is -2.29. The van der Waals surface area contributed by atoms with Gasteiger partial charge in [0.25, 0.3) is 0 Å². The molecule has 0 aromatic heterocycles. The molecule has 0 heterocycles. The molecular formula is C23H28Cl2N2O2. The van der Waals surface area contributed by atoms with Crippen LogP contribution in [0.4, 0.5) is 0 Å². The fourth-order valence-corrected chi connectivity index (χ4v) is 3.43. The fraction of sp³-hybridized carbons (Fsp3) is 0.391. The van der Waals surface area contributed by atoms with Gasteiger partial charge in [-0.1, -0.05) is 73.4 Å². The van der Waals surface area contributed by atoms with E-state index in [0.717, 1.165) is 5.56 Å². The van der Waals surface area contributed by atoms with Crippen LogP contribution in [0.1, 0.15) is 31.9 Å². The van der Waals surface area contributed by atoms with Crippen LogP contribution in [0.25, 0.3) is 0 Å². The van der Waals surface area contributed by atoms with Gasteiger partial charge in [0.2, 0.25) is 11.8 Å². The number of halogens is 2. The van der Waals surface area contributed by atoms with Gasteiger partial charge in [-0.15, -0.1) is 0 Å². The molecule has 0 unspecified atom stereocenters. The SMILES string of the molecule is CC(C)CNC(=O)[C@@H](C)N(CCc1ccccc1)C(=O)Cc1ccc(Cl)cc1Cl. The van der Waals surface area contributed by atoms with Crippen molar-refractivity contribution in [3.05, 3.63) is 69.7 Å². The van der Waals surface area contributed by atoms with E-state index in [4.69, 9.17) is 23.2 Å². The first-order valence-corrected chi connectivity index (χ1v) is 10.6. The van der Waals surface area contributed by atoms with Crippen molar-refractivity contribution >= 4 is 35.0 Å². The molecule has 4 nitrogen and oxygen atoms in total. The highest BCUT2D eigenvalue weighted by Gasteiger charge is 2.26. The quantitative estimate of drug-likeness (QED) is 0.617. The number of hydrogen-bond acceptors (Lipinski definition) is 2. The Bertz CT molecular complexity index is 825. The predicted molar refractivity (Wildman–Crippen MR) is 119 cm³/mol. The highest BCUT2D eigenvalue weighted by Crippen LogP contribution is 2.22.